The van der Waals surface area contributed by atoms with Crippen molar-refractivity contribution in [2.75, 3.05) is 13.6 Å². The molecule has 0 heterocycles. The second-order valence-electron chi connectivity index (χ2n) is 3.75. The third-order valence-corrected chi connectivity index (χ3v) is 2.57. The van der Waals surface area contributed by atoms with Gasteiger partial charge < -0.3 is 10.6 Å². The van der Waals surface area contributed by atoms with Crippen molar-refractivity contribution in [2.45, 2.75) is 13.0 Å². The average Bonchev–Trinajstić information content (AvgIpc) is 2.19. The summed E-state index contributed by atoms with van der Waals surface area (Å²) in [6, 6.07) is 4.36. The van der Waals surface area contributed by atoms with Crippen LogP contribution in [0.5, 0.6) is 0 Å². The standard InChI is InChI=1S/C11H15ClFN3/c1-16(5-4-11(14)15)7-8-2-3-9(13)6-10(8)12/h2-3,6H,4-5,7H2,1H3,(H3,14,15). The van der Waals surface area contributed by atoms with E-state index in [0.29, 0.717) is 24.5 Å². The molecule has 0 amide bonds. The number of amidine groups is 1. The number of rotatable bonds is 5. The summed E-state index contributed by atoms with van der Waals surface area (Å²) in [5, 5.41) is 7.54. The Labute approximate surface area is 99.5 Å². The van der Waals surface area contributed by atoms with Gasteiger partial charge in [0.2, 0.25) is 0 Å². The first-order chi connectivity index (χ1) is 7.49. The molecule has 0 aromatic heterocycles. The molecule has 3 nitrogen and oxygen atoms in total. The fraction of sp³-hybridized carbons (Fsp3) is 0.364. The molecular formula is C11H15ClFN3. The molecule has 1 rings (SSSR count). The van der Waals surface area contributed by atoms with E-state index >= 15 is 0 Å². The van der Waals surface area contributed by atoms with Gasteiger partial charge in [0, 0.05) is 24.5 Å². The van der Waals surface area contributed by atoms with Gasteiger partial charge in [-0.25, -0.2) is 4.39 Å². The predicted molar refractivity (Wildman–Crippen MR) is 64.3 cm³/mol. The fourth-order valence-electron chi connectivity index (χ4n) is 1.33. The summed E-state index contributed by atoms with van der Waals surface area (Å²) >= 11 is 5.90. The Kier molecular flexibility index (Phi) is 4.71. The third kappa shape index (κ3) is 4.16. The Hall–Kier alpha value is -1.13. The quantitative estimate of drug-likeness (QED) is 0.616. The summed E-state index contributed by atoms with van der Waals surface area (Å²) in [6.07, 6.45) is 0.523. The van der Waals surface area contributed by atoms with Crippen molar-refractivity contribution in [3.63, 3.8) is 0 Å². The van der Waals surface area contributed by atoms with Crippen LogP contribution in [0.3, 0.4) is 0 Å². The average molecular weight is 244 g/mol. The highest BCUT2D eigenvalue weighted by molar-refractivity contribution is 6.31. The van der Waals surface area contributed by atoms with Crippen LogP contribution in [-0.2, 0) is 6.54 Å². The summed E-state index contributed by atoms with van der Waals surface area (Å²) in [5.74, 6) is -0.169. The first kappa shape index (κ1) is 12.9. The van der Waals surface area contributed by atoms with E-state index in [9.17, 15) is 4.39 Å². The molecule has 1 aromatic rings. The molecule has 0 saturated heterocycles. The second kappa shape index (κ2) is 5.82. The van der Waals surface area contributed by atoms with Crippen molar-refractivity contribution in [3.05, 3.63) is 34.6 Å². The minimum absolute atomic E-state index is 0.164. The van der Waals surface area contributed by atoms with Crippen molar-refractivity contribution in [2.24, 2.45) is 5.73 Å². The summed E-state index contributed by atoms with van der Waals surface area (Å²) in [5.41, 5.74) is 6.13. The van der Waals surface area contributed by atoms with Crippen molar-refractivity contribution in [1.29, 1.82) is 5.41 Å². The molecule has 3 N–H and O–H groups in total. The van der Waals surface area contributed by atoms with Crippen LogP contribution in [0.15, 0.2) is 18.2 Å². The van der Waals surface area contributed by atoms with Gasteiger partial charge in [-0.05, 0) is 24.7 Å². The van der Waals surface area contributed by atoms with Gasteiger partial charge in [-0.3, -0.25) is 5.41 Å². The molecule has 0 aliphatic carbocycles. The third-order valence-electron chi connectivity index (χ3n) is 2.22. The summed E-state index contributed by atoms with van der Waals surface area (Å²) in [7, 11) is 1.91. The lowest BCUT2D eigenvalue weighted by molar-refractivity contribution is 0.336. The Balaban J connectivity index is 2.55. The molecule has 0 fully saturated rings. The number of nitrogens with one attached hydrogen (secondary N) is 1. The van der Waals surface area contributed by atoms with E-state index in [-0.39, 0.29) is 11.7 Å². The predicted octanol–water partition coefficient (Wildman–Crippen LogP) is 2.24. The smallest absolute Gasteiger partial charge is 0.124 e. The zero-order valence-electron chi connectivity index (χ0n) is 9.13. The molecular weight excluding hydrogens is 229 g/mol. The van der Waals surface area contributed by atoms with Crippen LogP contribution in [-0.4, -0.2) is 24.3 Å². The first-order valence-corrected chi connectivity index (χ1v) is 5.32. The molecule has 0 aliphatic rings. The number of hydrogen-bond donors (Lipinski definition) is 2. The Morgan fingerprint density at radius 1 is 1.56 bits per heavy atom. The van der Waals surface area contributed by atoms with Crippen LogP contribution < -0.4 is 5.73 Å². The SMILES string of the molecule is CN(CCC(=N)N)Cc1ccc(F)cc1Cl. The molecule has 0 bridgehead atoms. The lowest BCUT2D eigenvalue weighted by Gasteiger charge is -2.16. The van der Waals surface area contributed by atoms with Gasteiger partial charge >= 0.3 is 0 Å². The molecule has 0 saturated carbocycles. The zero-order chi connectivity index (χ0) is 12.1. The van der Waals surface area contributed by atoms with Crippen LogP contribution in [0.25, 0.3) is 0 Å². The zero-order valence-corrected chi connectivity index (χ0v) is 9.89. The Morgan fingerprint density at radius 2 is 2.25 bits per heavy atom. The number of nitrogens with two attached hydrogens (primary N) is 1. The summed E-state index contributed by atoms with van der Waals surface area (Å²) in [4.78, 5) is 1.99. The lowest BCUT2D eigenvalue weighted by atomic mass is 10.2. The Bertz CT molecular complexity index is 381. The number of benzene rings is 1. The maximum Gasteiger partial charge on any atom is 0.124 e. The highest BCUT2D eigenvalue weighted by atomic mass is 35.5. The minimum Gasteiger partial charge on any atom is -0.388 e. The van der Waals surface area contributed by atoms with E-state index in [4.69, 9.17) is 22.7 Å². The van der Waals surface area contributed by atoms with Crippen LogP contribution in [0.2, 0.25) is 5.02 Å². The highest BCUT2D eigenvalue weighted by Crippen LogP contribution is 2.18. The molecule has 0 aliphatic heterocycles. The van der Waals surface area contributed by atoms with Gasteiger partial charge in [-0.1, -0.05) is 17.7 Å². The second-order valence-corrected chi connectivity index (χ2v) is 4.16. The van der Waals surface area contributed by atoms with Gasteiger partial charge in [0.1, 0.15) is 5.82 Å². The van der Waals surface area contributed by atoms with Crippen molar-refractivity contribution >= 4 is 17.4 Å². The van der Waals surface area contributed by atoms with Gasteiger partial charge in [0.25, 0.3) is 0 Å². The van der Waals surface area contributed by atoms with Crippen LogP contribution in [0, 0.1) is 11.2 Å². The highest BCUT2D eigenvalue weighted by Gasteiger charge is 2.05. The normalized spacial score (nSPS) is 10.8. The molecule has 0 unspecified atom stereocenters. The molecule has 88 valence electrons. The van der Waals surface area contributed by atoms with Crippen molar-refractivity contribution < 1.29 is 4.39 Å². The molecule has 1 aromatic carbocycles. The first-order valence-electron chi connectivity index (χ1n) is 4.94. The minimum atomic E-state index is -0.333. The number of halogens is 2. The summed E-state index contributed by atoms with van der Waals surface area (Å²) in [6.45, 7) is 1.30. The molecule has 0 radical (unpaired) electrons. The summed E-state index contributed by atoms with van der Waals surface area (Å²) < 4.78 is 12.8. The van der Waals surface area contributed by atoms with E-state index < -0.39 is 0 Å². The van der Waals surface area contributed by atoms with Crippen LogP contribution in [0.4, 0.5) is 4.39 Å². The fourth-order valence-corrected chi connectivity index (χ4v) is 1.56. The number of nitrogens with zero attached hydrogens (tertiary/aromatic N) is 1. The van der Waals surface area contributed by atoms with Crippen molar-refractivity contribution in [1.82, 2.24) is 4.90 Å². The molecule has 16 heavy (non-hydrogen) atoms. The van der Waals surface area contributed by atoms with Crippen LogP contribution >= 0.6 is 11.6 Å². The van der Waals surface area contributed by atoms with Crippen molar-refractivity contribution in [3.8, 4) is 0 Å². The molecule has 0 spiro atoms. The Morgan fingerprint density at radius 3 is 2.81 bits per heavy atom. The maximum absolute atomic E-state index is 12.8. The lowest BCUT2D eigenvalue weighted by Crippen LogP contribution is -2.24. The monoisotopic (exact) mass is 243 g/mol. The van der Waals surface area contributed by atoms with Gasteiger partial charge in [-0.2, -0.15) is 0 Å². The van der Waals surface area contributed by atoms with Gasteiger partial charge in [0.15, 0.2) is 0 Å². The van der Waals surface area contributed by atoms with E-state index in [1.54, 1.807) is 6.07 Å². The molecule has 0 atom stereocenters. The van der Waals surface area contributed by atoms with E-state index in [1.807, 2.05) is 11.9 Å². The van der Waals surface area contributed by atoms with E-state index in [2.05, 4.69) is 0 Å². The van der Waals surface area contributed by atoms with Gasteiger partial charge in [0.05, 0.1) is 5.84 Å². The maximum atomic E-state index is 12.8. The molecule has 5 heteroatoms. The van der Waals surface area contributed by atoms with Gasteiger partial charge in [-0.15, -0.1) is 0 Å². The van der Waals surface area contributed by atoms with Crippen LogP contribution in [0.1, 0.15) is 12.0 Å². The number of hydrogen-bond acceptors (Lipinski definition) is 2. The van der Waals surface area contributed by atoms with E-state index in [0.717, 1.165) is 5.56 Å². The largest absolute Gasteiger partial charge is 0.388 e. The van der Waals surface area contributed by atoms with E-state index in [1.165, 1.54) is 12.1 Å². The topological polar surface area (TPSA) is 53.1 Å².